The molecule has 1 heterocycles. The van der Waals surface area contributed by atoms with Crippen LogP contribution in [-0.4, -0.2) is 9.97 Å². The number of halogens is 1. The smallest absolute Gasteiger partial charge is 0.321 e. The second-order valence-corrected chi connectivity index (χ2v) is 7.07. The number of nitrogens with zero attached hydrogens (tertiary/aromatic N) is 2. The molecular weight excluding hydrogens is 320 g/mol. The molecule has 122 valence electrons. The van der Waals surface area contributed by atoms with Gasteiger partial charge in [-0.3, -0.25) is 0 Å². The van der Waals surface area contributed by atoms with Gasteiger partial charge in [0.2, 0.25) is 0 Å². The molecule has 3 rings (SSSR count). The Labute approximate surface area is 147 Å². The van der Waals surface area contributed by atoms with Crippen LogP contribution in [0.15, 0.2) is 60.9 Å². The van der Waals surface area contributed by atoms with Gasteiger partial charge in [0.25, 0.3) is 0 Å². The monoisotopic (exact) mass is 338 g/mol. The third kappa shape index (κ3) is 3.92. The first kappa shape index (κ1) is 16.5. The van der Waals surface area contributed by atoms with Crippen LogP contribution in [0.3, 0.4) is 0 Å². The Balaban J connectivity index is 1.73. The number of hydrogen-bond donors (Lipinski definition) is 0. The van der Waals surface area contributed by atoms with Gasteiger partial charge in [0.1, 0.15) is 5.75 Å². The van der Waals surface area contributed by atoms with Gasteiger partial charge in [-0.1, -0.05) is 56.6 Å². The van der Waals surface area contributed by atoms with E-state index in [0.717, 1.165) is 16.9 Å². The van der Waals surface area contributed by atoms with Gasteiger partial charge in [0.15, 0.2) is 0 Å². The van der Waals surface area contributed by atoms with Crippen LogP contribution < -0.4 is 4.74 Å². The first-order chi connectivity index (χ1) is 11.4. The van der Waals surface area contributed by atoms with Crippen LogP contribution in [0.4, 0.5) is 0 Å². The molecule has 0 fully saturated rings. The van der Waals surface area contributed by atoms with Crippen molar-refractivity contribution in [2.45, 2.75) is 26.2 Å². The largest absolute Gasteiger partial charge is 0.424 e. The standard InChI is InChI=1S/C20H19ClN2O/c1-20(2,3)16-6-10-18(11-7-16)24-19-22-12-15(13-23-19)14-4-8-17(21)9-5-14/h4-13H,1-3H3. The molecule has 3 aromatic rings. The van der Waals surface area contributed by atoms with E-state index in [0.29, 0.717) is 11.0 Å². The molecule has 0 amide bonds. The van der Waals surface area contributed by atoms with Gasteiger partial charge in [-0.25, -0.2) is 9.97 Å². The maximum atomic E-state index is 5.90. The Hall–Kier alpha value is -2.39. The fraction of sp³-hybridized carbons (Fsp3) is 0.200. The number of aromatic nitrogens is 2. The van der Waals surface area contributed by atoms with E-state index in [4.69, 9.17) is 16.3 Å². The predicted octanol–water partition coefficient (Wildman–Crippen LogP) is 5.89. The Morgan fingerprint density at radius 1 is 0.792 bits per heavy atom. The molecule has 0 aliphatic carbocycles. The summed E-state index contributed by atoms with van der Waals surface area (Å²) in [5, 5.41) is 0.707. The lowest BCUT2D eigenvalue weighted by molar-refractivity contribution is 0.441. The van der Waals surface area contributed by atoms with Gasteiger partial charge >= 0.3 is 6.01 Å². The average Bonchev–Trinajstić information content (AvgIpc) is 2.56. The van der Waals surface area contributed by atoms with Crippen LogP contribution >= 0.6 is 11.6 Å². The molecule has 0 N–H and O–H groups in total. The van der Waals surface area contributed by atoms with Crippen molar-refractivity contribution in [2.75, 3.05) is 0 Å². The zero-order valence-corrected chi connectivity index (χ0v) is 14.7. The summed E-state index contributed by atoms with van der Waals surface area (Å²) in [6.45, 7) is 6.55. The lowest BCUT2D eigenvalue weighted by atomic mass is 9.87. The number of rotatable bonds is 3. The van der Waals surface area contributed by atoms with Crippen LogP contribution in [-0.2, 0) is 5.41 Å². The number of benzene rings is 2. The summed E-state index contributed by atoms with van der Waals surface area (Å²) in [6.07, 6.45) is 3.49. The Kier molecular flexibility index (Phi) is 4.54. The van der Waals surface area contributed by atoms with Gasteiger partial charge in [0, 0.05) is 23.0 Å². The Morgan fingerprint density at radius 3 is 1.92 bits per heavy atom. The van der Waals surface area contributed by atoms with E-state index in [1.165, 1.54) is 5.56 Å². The van der Waals surface area contributed by atoms with E-state index in [1.54, 1.807) is 12.4 Å². The minimum Gasteiger partial charge on any atom is -0.424 e. The Morgan fingerprint density at radius 2 is 1.38 bits per heavy atom. The molecule has 0 atom stereocenters. The lowest BCUT2D eigenvalue weighted by Gasteiger charge is -2.18. The first-order valence-corrected chi connectivity index (χ1v) is 8.16. The normalized spacial score (nSPS) is 11.3. The van der Waals surface area contributed by atoms with E-state index < -0.39 is 0 Å². The van der Waals surface area contributed by atoms with Crippen molar-refractivity contribution in [1.82, 2.24) is 9.97 Å². The summed E-state index contributed by atoms with van der Waals surface area (Å²) in [7, 11) is 0. The summed E-state index contributed by atoms with van der Waals surface area (Å²) >= 11 is 5.90. The highest BCUT2D eigenvalue weighted by molar-refractivity contribution is 6.30. The van der Waals surface area contributed by atoms with Crippen molar-refractivity contribution in [3.05, 3.63) is 71.5 Å². The molecule has 0 saturated heterocycles. The molecule has 3 nitrogen and oxygen atoms in total. The van der Waals surface area contributed by atoms with E-state index >= 15 is 0 Å². The minimum absolute atomic E-state index is 0.120. The molecule has 2 aromatic carbocycles. The number of hydrogen-bond acceptors (Lipinski definition) is 3. The molecule has 0 aliphatic heterocycles. The minimum atomic E-state index is 0.120. The molecule has 4 heteroatoms. The fourth-order valence-electron chi connectivity index (χ4n) is 2.29. The molecule has 0 radical (unpaired) electrons. The average molecular weight is 339 g/mol. The van der Waals surface area contributed by atoms with Crippen LogP contribution in [0.5, 0.6) is 11.8 Å². The maximum Gasteiger partial charge on any atom is 0.321 e. The Bertz CT molecular complexity index is 804. The SMILES string of the molecule is CC(C)(C)c1ccc(Oc2ncc(-c3ccc(Cl)cc3)cn2)cc1. The third-order valence-electron chi connectivity index (χ3n) is 3.74. The molecule has 0 spiro atoms. The third-order valence-corrected chi connectivity index (χ3v) is 3.99. The quantitative estimate of drug-likeness (QED) is 0.597. The van der Waals surface area contributed by atoms with E-state index in [2.05, 4.69) is 42.9 Å². The predicted molar refractivity (Wildman–Crippen MR) is 97.7 cm³/mol. The van der Waals surface area contributed by atoms with Crippen molar-refractivity contribution in [3.63, 3.8) is 0 Å². The highest BCUT2D eigenvalue weighted by Gasteiger charge is 2.13. The van der Waals surface area contributed by atoms with Gasteiger partial charge < -0.3 is 4.74 Å². The van der Waals surface area contributed by atoms with E-state index in [9.17, 15) is 0 Å². The fourth-order valence-corrected chi connectivity index (χ4v) is 2.41. The summed E-state index contributed by atoms with van der Waals surface area (Å²) in [5.41, 5.74) is 3.31. The molecule has 0 aliphatic rings. The van der Waals surface area contributed by atoms with Gasteiger partial charge in [-0.2, -0.15) is 0 Å². The summed E-state index contributed by atoms with van der Waals surface area (Å²) in [6, 6.07) is 15.9. The molecular formula is C20H19ClN2O. The van der Waals surface area contributed by atoms with Crippen molar-refractivity contribution in [3.8, 4) is 22.9 Å². The summed E-state index contributed by atoms with van der Waals surface area (Å²) in [4.78, 5) is 8.56. The topological polar surface area (TPSA) is 35.0 Å². The maximum absolute atomic E-state index is 5.90. The molecule has 1 aromatic heterocycles. The first-order valence-electron chi connectivity index (χ1n) is 7.78. The molecule has 0 bridgehead atoms. The second-order valence-electron chi connectivity index (χ2n) is 6.64. The lowest BCUT2D eigenvalue weighted by Crippen LogP contribution is -2.10. The van der Waals surface area contributed by atoms with Crippen LogP contribution in [0.25, 0.3) is 11.1 Å². The molecule has 0 saturated carbocycles. The van der Waals surface area contributed by atoms with E-state index in [-0.39, 0.29) is 5.41 Å². The highest BCUT2D eigenvalue weighted by Crippen LogP contribution is 2.26. The van der Waals surface area contributed by atoms with E-state index in [1.807, 2.05) is 36.4 Å². The summed E-state index contributed by atoms with van der Waals surface area (Å²) < 4.78 is 5.71. The van der Waals surface area contributed by atoms with Crippen LogP contribution in [0.2, 0.25) is 5.02 Å². The van der Waals surface area contributed by atoms with Crippen molar-refractivity contribution >= 4 is 11.6 Å². The highest BCUT2D eigenvalue weighted by atomic mass is 35.5. The van der Waals surface area contributed by atoms with Crippen molar-refractivity contribution in [1.29, 1.82) is 0 Å². The van der Waals surface area contributed by atoms with Crippen molar-refractivity contribution in [2.24, 2.45) is 0 Å². The number of ether oxygens (including phenoxy) is 1. The van der Waals surface area contributed by atoms with Gasteiger partial charge in [-0.15, -0.1) is 0 Å². The molecule has 0 unspecified atom stereocenters. The zero-order valence-electron chi connectivity index (χ0n) is 14.0. The zero-order chi connectivity index (χ0) is 17.2. The van der Waals surface area contributed by atoms with Gasteiger partial charge in [0.05, 0.1) is 0 Å². The van der Waals surface area contributed by atoms with Crippen molar-refractivity contribution < 1.29 is 4.74 Å². The summed E-state index contributed by atoms with van der Waals surface area (Å²) in [5.74, 6) is 0.724. The second kappa shape index (κ2) is 6.62. The molecule has 24 heavy (non-hydrogen) atoms. The van der Waals surface area contributed by atoms with Gasteiger partial charge in [-0.05, 0) is 40.8 Å². The van der Waals surface area contributed by atoms with Crippen LogP contribution in [0.1, 0.15) is 26.3 Å². The van der Waals surface area contributed by atoms with Crippen LogP contribution in [0, 0.1) is 0 Å².